The van der Waals surface area contributed by atoms with E-state index in [9.17, 15) is 14.7 Å². The summed E-state index contributed by atoms with van der Waals surface area (Å²) in [5.74, 6) is -2.20. The SMILES string of the molecule is COCOc1cc(OC)cc(/C=C/C[C@@H]2OC(C)(C)O[C@@H]2C(/C=C\C[C@H](C)N=[N+]=[N-])OC(=O)c2ccccc2)c1C(=O)O. The second kappa shape index (κ2) is 15.8. The van der Waals surface area contributed by atoms with Crippen molar-refractivity contribution in [1.29, 1.82) is 0 Å². The molecule has 0 bridgehead atoms. The predicted octanol–water partition coefficient (Wildman–Crippen LogP) is 6.17. The van der Waals surface area contributed by atoms with E-state index in [1.54, 1.807) is 81.5 Å². The number of methoxy groups -OCH3 is 2. The summed E-state index contributed by atoms with van der Waals surface area (Å²) in [6, 6.07) is 11.4. The number of rotatable bonds is 15. The first-order valence-corrected chi connectivity index (χ1v) is 13.6. The molecule has 12 heteroatoms. The van der Waals surface area contributed by atoms with Crippen molar-refractivity contribution in [2.75, 3.05) is 21.0 Å². The number of esters is 1. The molecule has 1 unspecified atom stereocenters. The van der Waals surface area contributed by atoms with Crippen LogP contribution in [0.1, 0.15) is 59.9 Å². The summed E-state index contributed by atoms with van der Waals surface area (Å²) in [4.78, 5) is 28.0. The number of ether oxygens (including phenoxy) is 6. The molecular weight excluding hydrogens is 558 g/mol. The predicted molar refractivity (Wildman–Crippen MR) is 158 cm³/mol. The highest BCUT2D eigenvalue weighted by molar-refractivity contribution is 5.95. The van der Waals surface area contributed by atoms with Gasteiger partial charge in [0.15, 0.2) is 12.6 Å². The number of carboxylic acids is 1. The first-order valence-electron chi connectivity index (χ1n) is 13.6. The topological polar surface area (TPSA) is 159 Å². The number of carbonyl (C=O) groups is 2. The molecule has 1 saturated heterocycles. The fraction of sp³-hybridized carbons (Fsp3) is 0.419. The molecule has 0 saturated carbocycles. The van der Waals surface area contributed by atoms with Gasteiger partial charge in [0.2, 0.25) is 0 Å². The van der Waals surface area contributed by atoms with E-state index >= 15 is 0 Å². The number of carboxylic acid groups (broad SMARTS) is 1. The van der Waals surface area contributed by atoms with Gasteiger partial charge in [0.1, 0.15) is 29.3 Å². The Balaban J connectivity index is 1.90. The van der Waals surface area contributed by atoms with Crippen LogP contribution in [0.25, 0.3) is 16.5 Å². The lowest BCUT2D eigenvalue weighted by Crippen LogP contribution is -2.37. The van der Waals surface area contributed by atoms with Crippen molar-refractivity contribution in [3.8, 4) is 11.5 Å². The maximum Gasteiger partial charge on any atom is 0.340 e. The van der Waals surface area contributed by atoms with Gasteiger partial charge in [-0.25, -0.2) is 9.59 Å². The highest BCUT2D eigenvalue weighted by atomic mass is 16.8. The quantitative estimate of drug-likeness (QED) is 0.0634. The number of hydrogen-bond acceptors (Lipinski definition) is 9. The average Bonchev–Trinajstić information content (AvgIpc) is 3.29. The van der Waals surface area contributed by atoms with Gasteiger partial charge in [-0.2, -0.15) is 0 Å². The minimum Gasteiger partial charge on any atom is -0.497 e. The van der Waals surface area contributed by atoms with Crippen LogP contribution in [0.5, 0.6) is 11.5 Å². The van der Waals surface area contributed by atoms with Crippen LogP contribution < -0.4 is 9.47 Å². The maximum atomic E-state index is 13.0. The lowest BCUT2D eigenvalue weighted by Gasteiger charge is -2.24. The zero-order chi connectivity index (χ0) is 31.4. The third-order valence-electron chi connectivity index (χ3n) is 6.40. The molecule has 1 fully saturated rings. The summed E-state index contributed by atoms with van der Waals surface area (Å²) in [5, 5.41) is 13.6. The van der Waals surface area contributed by atoms with E-state index in [1.165, 1.54) is 20.3 Å². The van der Waals surface area contributed by atoms with E-state index in [2.05, 4.69) is 10.0 Å². The van der Waals surface area contributed by atoms with Crippen molar-refractivity contribution in [2.24, 2.45) is 5.11 Å². The van der Waals surface area contributed by atoms with Gasteiger partial charge in [-0.15, -0.1) is 0 Å². The number of azide groups is 1. The Morgan fingerprint density at radius 1 is 1.16 bits per heavy atom. The van der Waals surface area contributed by atoms with E-state index in [0.29, 0.717) is 29.7 Å². The summed E-state index contributed by atoms with van der Waals surface area (Å²) in [7, 11) is 2.90. The number of nitrogens with zero attached hydrogens (tertiary/aromatic N) is 3. The van der Waals surface area contributed by atoms with Gasteiger partial charge in [-0.05, 0) is 62.1 Å². The van der Waals surface area contributed by atoms with Crippen molar-refractivity contribution in [3.63, 3.8) is 0 Å². The smallest absolute Gasteiger partial charge is 0.340 e. The fourth-order valence-electron chi connectivity index (χ4n) is 4.50. The Morgan fingerprint density at radius 2 is 1.91 bits per heavy atom. The molecule has 43 heavy (non-hydrogen) atoms. The molecule has 1 heterocycles. The van der Waals surface area contributed by atoms with E-state index in [1.807, 2.05) is 0 Å². The molecule has 2 aromatic carbocycles. The first kappa shape index (κ1) is 33.2. The van der Waals surface area contributed by atoms with Gasteiger partial charge >= 0.3 is 11.9 Å². The monoisotopic (exact) mass is 595 g/mol. The number of aromatic carboxylic acids is 1. The Hall–Kier alpha value is -4.35. The van der Waals surface area contributed by atoms with Crippen LogP contribution in [0.15, 0.2) is 65.8 Å². The zero-order valence-corrected chi connectivity index (χ0v) is 24.8. The van der Waals surface area contributed by atoms with Crippen LogP contribution in [0.4, 0.5) is 0 Å². The second-order valence-corrected chi connectivity index (χ2v) is 10.2. The van der Waals surface area contributed by atoms with E-state index in [0.717, 1.165) is 0 Å². The third kappa shape index (κ3) is 9.59. The van der Waals surface area contributed by atoms with Crippen molar-refractivity contribution in [3.05, 3.63) is 87.8 Å². The van der Waals surface area contributed by atoms with E-state index < -0.39 is 36.0 Å². The molecule has 2 aromatic rings. The standard InChI is InChI=1S/C31H37N3O9/c1-20(33-34-32)11-9-15-24(41-30(37)21-12-7-6-8-13-21)28-25(42-31(2,3)43-28)16-10-14-22-17-23(39-5)18-26(40-19-38-4)27(22)29(35)36/h6-10,12-15,17-18,20,24-25,28H,11,16,19H2,1-5H3,(H,35,36)/b14-10+,15-9-/t20-,24?,25-,28+/m0/s1. The van der Waals surface area contributed by atoms with Crippen LogP contribution in [0, 0.1) is 0 Å². The minimum atomic E-state index is -1.18. The Kier molecular flexibility index (Phi) is 12.2. The Labute approximate surface area is 250 Å². The molecule has 0 amide bonds. The molecule has 0 spiro atoms. The zero-order valence-electron chi connectivity index (χ0n) is 24.8. The molecule has 1 aliphatic heterocycles. The molecule has 4 atom stereocenters. The van der Waals surface area contributed by atoms with Crippen LogP contribution in [0.2, 0.25) is 0 Å². The first-order chi connectivity index (χ1) is 20.6. The maximum absolute atomic E-state index is 13.0. The Bertz CT molecular complexity index is 1350. The number of hydrogen-bond donors (Lipinski definition) is 1. The van der Waals surface area contributed by atoms with Gasteiger partial charge in [0.05, 0.1) is 18.8 Å². The molecule has 0 aromatic heterocycles. The van der Waals surface area contributed by atoms with Crippen molar-refractivity contribution in [2.45, 2.75) is 63.8 Å². The molecule has 230 valence electrons. The van der Waals surface area contributed by atoms with Crippen LogP contribution in [0.3, 0.4) is 0 Å². The van der Waals surface area contributed by atoms with E-state index in [4.69, 9.17) is 34.0 Å². The lowest BCUT2D eigenvalue weighted by atomic mass is 10.0. The summed E-state index contributed by atoms with van der Waals surface area (Å²) in [6.07, 6.45) is 5.48. The molecular formula is C31H37N3O9. The third-order valence-corrected chi connectivity index (χ3v) is 6.40. The van der Waals surface area contributed by atoms with Crippen molar-refractivity contribution < 1.29 is 43.1 Å². The summed E-state index contributed by atoms with van der Waals surface area (Å²) < 4.78 is 34.1. The van der Waals surface area contributed by atoms with Gasteiger partial charge < -0.3 is 33.5 Å². The Morgan fingerprint density at radius 3 is 2.56 bits per heavy atom. The molecule has 1 aliphatic rings. The molecule has 0 radical (unpaired) electrons. The fourth-order valence-corrected chi connectivity index (χ4v) is 4.50. The average molecular weight is 596 g/mol. The van der Waals surface area contributed by atoms with Gasteiger partial charge in [0, 0.05) is 24.1 Å². The second-order valence-electron chi connectivity index (χ2n) is 10.2. The van der Waals surface area contributed by atoms with Crippen LogP contribution >= 0.6 is 0 Å². The largest absolute Gasteiger partial charge is 0.497 e. The van der Waals surface area contributed by atoms with Gasteiger partial charge in [0.25, 0.3) is 0 Å². The minimum absolute atomic E-state index is 0.0543. The molecule has 1 N–H and O–H groups in total. The molecule has 3 rings (SSSR count). The number of carbonyl (C=O) groups excluding carboxylic acids is 1. The van der Waals surface area contributed by atoms with Crippen molar-refractivity contribution in [1.82, 2.24) is 0 Å². The lowest BCUT2D eigenvalue weighted by molar-refractivity contribution is -0.152. The molecule has 12 nitrogen and oxygen atoms in total. The molecule has 0 aliphatic carbocycles. The van der Waals surface area contributed by atoms with Gasteiger partial charge in [-0.1, -0.05) is 48.5 Å². The summed E-state index contributed by atoms with van der Waals surface area (Å²) in [6.45, 7) is 5.16. The summed E-state index contributed by atoms with van der Waals surface area (Å²) in [5.41, 5.74) is 9.40. The summed E-state index contributed by atoms with van der Waals surface area (Å²) >= 11 is 0. The highest BCUT2D eigenvalue weighted by Crippen LogP contribution is 2.35. The van der Waals surface area contributed by atoms with E-state index in [-0.39, 0.29) is 24.1 Å². The van der Waals surface area contributed by atoms with Crippen molar-refractivity contribution >= 4 is 18.0 Å². The number of benzene rings is 2. The van der Waals surface area contributed by atoms with Crippen LogP contribution in [-0.2, 0) is 18.9 Å². The van der Waals surface area contributed by atoms with Gasteiger partial charge in [-0.3, -0.25) is 0 Å². The van der Waals surface area contributed by atoms with Crippen LogP contribution in [-0.4, -0.2) is 68.2 Å². The normalized spacial score (nSPS) is 19.1. The highest BCUT2D eigenvalue weighted by Gasteiger charge is 2.45.